The lowest BCUT2D eigenvalue weighted by Gasteiger charge is -1.83. The zero-order valence-corrected chi connectivity index (χ0v) is 9.59. The average molecular weight is 180 g/mol. The molecule has 0 aliphatic carbocycles. The van der Waals surface area contributed by atoms with Crippen molar-refractivity contribution in [3.8, 4) is 0 Å². The van der Waals surface area contributed by atoms with Crippen LogP contribution < -0.4 is 0 Å². The van der Waals surface area contributed by atoms with Gasteiger partial charge in [0.25, 0.3) is 0 Å². The van der Waals surface area contributed by atoms with Gasteiger partial charge in [-0.05, 0) is 27.2 Å². The molecule has 13 heavy (non-hydrogen) atoms. The minimum Gasteiger partial charge on any atom is -0.0917 e. The Balaban J connectivity index is 0. The average Bonchev–Trinajstić information content (AvgIpc) is 2.17. The zero-order chi connectivity index (χ0) is 10.4. The van der Waals surface area contributed by atoms with Crippen molar-refractivity contribution in [2.24, 2.45) is 0 Å². The summed E-state index contributed by atoms with van der Waals surface area (Å²) in [5.74, 6) is 0. The topological polar surface area (TPSA) is 0 Å². The second kappa shape index (κ2) is 17.3. The third-order valence-corrected chi connectivity index (χ3v) is 1.46. The fourth-order valence-electron chi connectivity index (χ4n) is 0.711. The minimum absolute atomic E-state index is 1.26. The van der Waals surface area contributed by atoms with E-state index in [1.165, 1.54) is 19.3 Å². The molecule has 0 aliphatic rings. The van der Waals surface area contributed by atoms with Gasteiger partial charge in [-0.25, -0.2) is 0 Å². The molecule has 0 N–H and O–H groups in total. The van der Waals surface area contributed by atoms with Gasteiger partial charge in [0.15, 0.2) is 0 Å². The van der Waals surface area contributed by atoms with Crippen LogP contribution in [0.4, 0.5) is 0 Å². The first-order valence-electron chi connectivity index (χ1n) is 5.18. The van der Waals surface area contributed by atoms with Crippen molar-refractivity contribution in [3.05, 3.63) is 36.5 Å². The van der Waals surface area contributed by atoms with Crippen molar-refractivity contribution >= 4 is 0 Å². The molecule has 0 unspecified atom stereocenters. The lowest BCUT2D eigenvalue weighted by Crippen LogP contribution is -1.63. The largest absolute Gasteiger partial charge is 0.0917 e. The molecule has 0 aliphatic heterocycles. The van der Waals surface area contributed by atoms with Crippen LogP contribution in [0.2, 0.25) is 0 Å². The Morgan fingerprint density at radius 1 is 0.846 bits per heavy atom. The van der Waals surface area contributed by atoms with Crippen LogP contribution in [-0.2, 0) is 0 Å². The van der Waals surface area contributed by atoms with E-state index in [-0.39, 0.29) is 0 Å². The van der Waals surface area contributed by atoms with Crippen LogP contribution in [0.25, 0.3) is 0 Å². The van der Waals surface area contributed by atoms with Gasteiger partial charge in [-0.15, -0.1) is 0 Å². The van der Waals surface area contributed by atoms with E-state index >= 15 is 0 Å². The molecule has 0 spiro atoms. The summed E-state index contributed by atoms with van der Waals surface area (Å²) >= 11 is 0. The lowest BCUT2D eigenvalue weighted by molar-refractivity contribution is 0.814. The number of hydrogen-bond donors (Lipinski definition) is 0. The van der Waals surface area contributed by atoms with E-state index in [1.54, 1.807) is 0 Å². The summed E-state index contributed by atoms with van der Waals surface area (Å²) in [7, 11) is 0. The number of rotatable bonds is 4. The second-order valence-electron chi connectivity index (χ2n) is 2.76. The van der Waals surface area contributed by atoms with E-state index in [4.69, 9.17) is 0 Å². The summed E-state index contributed by atoms with van der Waals surface area (Å²) in [5.41, 5.74) is 0. The summed E-state index contributed by atoms with van der Waals surface area (Å²) < 4.78 is 0. The van der Waals surface area contributed by atoms with Gasteiger partial charge < -0.3 is 0 Å². The van der Waals surface area contributed by atoms with E-state index in [9.17, 15) is 0 Å². The van der Waals surface area contributed by atoms with Crippen molar-refractivity contribution in [2.45, 2.75) is 47.0 Å². The molecule has 0 rings (SSSR count). The molecule has 0 heterocycles. The molecule has 0 atom stereocenters. The SMILES string of the molecule is C/C=C\C=C/C.C/C=C\CCCC. The molecule has 0 aromatic heterocycles. The van der Waals surface area contributed by atoms with E-state index in [0.717, 1.165) is 0 Å². The Labute approximate surface area is 84.1 Å². The number of unbranched alkanes of at least 4 members (excludes halogenated alkanes) is 2. The summed E-state index contributed by atoms with van der Waals surface area (Å²) in [6.07, 6.45) is 16.2. The Hall–Kier alpha value is -0.780. The predicted molar refractivity (Wildman–Crippen MR) is 64.0 cm³/mol. The summed E-state index contributed by atoms with van der Waals surface area (Å²) in [5, 5.41) is 0. The highest BCUT2D eigenvalue weighted by atomic mass is 13.8. The number of hydrogen-bond acceptors (Lipinski definition) is 0. The van der Waals surface area contributed by atoms with Crippen LogP contribution in [0.15, 0.2) is 36.5 Å². The maximum Gasteiger partial charge on any atom is -0.0351 e. The molecule has 0 saturated heterocycles. The standard InChI is InChI=1S/C7H14.C6H10/c1-3-5-7-6-4-2;1-3-5-6-4-2/h3,5H,4,6-7H2,1-2H3;3-6H,1-2H3/b5-3-;5-3-,6-4-. The maximum atomic E-state index is 2.21. The van der Waals surface area contributed by atoms with Gasteiger partial charge in [0, 0.05) is 0 Å². The Bertz CT molecular complexity index is 128. The van der Waals surface area contributed by atoms with Crippen LogP contribution in [0.1, 0.15) is 47.0 Å². The monoisotopic (exact) mass is 180 g/mol. The molecular formula is C13H24. The first-order valence-corrected chi connectivity index (χ1v) is 5.18. The summed E-state index contributed by atoms with van der Waals surface area (Å²) in [6.45, 7) is 8.28. The van der Waals surface area contributed by atoms with Gasteiger partial charge in [0.1, 0.15) is 0 Å². The smallest absolute Gasteiger partial charge is 0.0351 e. The molecule has 0 saturated carbocycles. The minimum atomic E-state index is 1.26. The van der Waals surface area contributed by atoms with Crippen molar-refractivity contribution < 1.29 is 0 Å². The molecule has 0 bridgehead atoms. The Kier molecular flexibility index (Phi) is 19.7. The Morgan fingerprint density at radius 3 is 1.69 bits per heavy atom. The molecule has 0 radical (unpaired) electrons. The first kappa shape index (κ1) is 14.7. The van der Waals surface area contributed by atoms with E-state index in [2.05, 4.69) is 26.0 Å². The molecular weight excluding hydrogens is 156 g/mol. The van der Waals surface area contributed by atoms with Crippen LogP contribution in [-0.4, -0.2) is 0 Å². The summed E-state index contributed by atoms with van der Waals surface area (Å²) in [4.78, 5) is 0. The van der Waals surface area contributed by atoms with E-state index < -0.39 is 0 Å². The maximum absolute atomic E-state index is 2.21. The van der Waals surface area contributed by atoms with E-state index in [0.29, 0.717) is 0 Å². The third kappa shape index (κ3) is 24.7. The highest BCUT2D eigenvalue weighted by Gasteiger charge is 1.73. The summed E-state index contributed by atoms with van der Waals surface area (Å²) in [6, 6.07) is 0. The van der Waals surface area contributed by atoms with Gasteiger partial charge in [0.05, 0.1) is 0 Å². The Morgan fingerprint density at radius 2 is 1.38 bits per heavy atom. The van der Waals surface area contributed by atoms with Crippen molar-refractivity contribution in [2.75, 3.05) is 0 Å². The normalized spacial score (nSPS) is 11.1. The zero-order valence-electron chi connectivity index (χ0n) is 9.59. The van der Waals surface area contributed by atoms with Crippen LogP contribution >= 0.6 is 0 Å². The van der Waals surface area contributed by atoms with Gasteiger partial charge in [-0.1, -0.05) is 56.2 Å². The first-order chi connectivity index (χ1) is 6.33. The highest BCUT2D eigenvalue weighted by molar-refractivity contribution is 4.98. The van der Waals surface area contributed by atoms with Gasteiger partial charge in [-0.2, -0.15) is 0 Å². The van der Waals surface area contributed by atoms with Crippen LogP contribution in [0, 0.1) is 0 Å². The van der Waals surface area contributed by atoms with Crippen molar-refractivity contribution in [1.29, 1.82) is 0 Å². The van der Waals surface area contributed by atoms with E-state index in [1.807, 2.05) is 38.2 Å². The molecule has 0 nitrogen and oxygen atoms in total. The van der Waals surface area contributed by atoms with Crippen LogP contribution in [0.3, 0.4) is 0 Å². The highest BCUT2D eigenvalue weighted by Crippen LogP contribution is 1.93. The second-order valence-corrected chi connectivity index (χ2v) is 2.76. The van der Waals surface area contributed by atoms with Crippen molar-refractivity contribution in [3.63, 3.8) is 0 Å². The lowest BCUT2D eigenvalue weighted by atomic mass is 10.2. The van der Waals surface area contributed by atoms with Gasteiger partial charge >= 0.3 is 0 Å². The fraction of sp³-hybridized carbons (Fsp3) is 0.538. The quantitative estimate of drug-likeness (QED) is 0.328. The van der Waals surface area contributed by atoms with Gasteiger partial charge in [-0.3, -0.25) is 0 Å². The molecule has 0 heteroatoms. The third-order valence-electron chi connectivity index (χ3n) is 1.46. The van der Waals surface area contributed by atoms with Crippen LogP contribution in [0.5, 0.6) is 0 Å². The number of allylic oxidation sites excluding steroid dienone is 6. The van der Waals surface area contributed by atoms with Gasteiger partial charge in [0.2, 0.25) is 0 Å². The molecule has 76 valence electrons. The molecule has 0 aromatic carbocycles. The molecule has 0 amide bonds. The molecule has 0 aromatic rings. The van der Waals surface area contributed by atoms with Crippen molar-refractivity contribution in [1.82, 2.24) is 0 Å². The predicted octanol–water partition coefficient (Wildman–Crippen LogP) is 4.89. The molecule has 0 fully saturated rings. The fourth-order valence-corrected chi connectivity index (χ4v) is 0.711.